The van der Waals surface area contributed by atoms with Crippen LogP contribution in [0.5, 0.6) is 0 Å². The number of hydrogen-bond acceptors (Lipinski definition) is 6. The summed E-state index contributed by atoms with van der Waals surface area (Å²) in [5.74, 6) is -0.584. The fourth-order valence-corrected chi connectivity index (χ4v) is 2.24. The standard InChI is InChI=1S/C13H26NO6P/c1-6-7-14(4,5)8-9-19-21(16,17)20-11-10-18-13(15)12(2)3/h2,6-11H2,1,3-5H3. The second-order valence-corrected chi connectivity index (χ2v) is 6.82. The number of rotatable bonds is 11. The van der Waals surface area contributed by atoms with Gasteiger partial charge in [-0.3, -0.25) is 4.57 Å². The Kier molecular flexibility index (Phi) is 9.01. The lowest BCUT2D eigenvalue weighted by Gasteiger charge is -2.30. The maximum atomic E-state index is 11.5. The Morgan fingerprint density at radius 2 is 1.76 bits per heavy atom. The third kappa shape index (κ3) is 10.6. The fraction of sp³-hybridized carbons (Fsp3) is 0.769. The third-order valence-corrected chi connectivity index (χ3v) is 3.69. The van der Waals surface area contributed by atoms with Crippen molar-refractivity contribution in [3.63, 3.8) is 0 Å². The normalized spacial score (nSPS) is 14.5. The summed E-state index contributed by atoms with van der Waals surface area (Å²) >= 11 is 0. The van der Waals surface area contributed by atoms with Gasteiger partial charge in [0, 0.05) is 5.57 Å². The number of carbonyl (C=O) groups is 1. The van der Waals surface area contributed by atoms with Crippen molar-refractivity contribution in [2.75, 3.05) is 47.0 Å². The first-order chi connectivity index (χ1) is 9.59. The molecule has 0 fully saturated rings. The highest BCUT2D eigenvalue weighted by atomic mass is 31.2. The van der Waals surface area contributed by atoms with Crippen molar-refractivity contribution in [3.05, 3.63) is 12.2 Å². The van der Waals surface area contributed by atoms with Crippen LogP contribution < -0.4 is 4.89 Å². The van der Waals surface area contributed by atoms with E-state index in [0.717, 1.165) is 13.0 Å². The summed E-state index contributed by atoms with van der Waals surface area (Å²) in [6.45, 7) is 8.08. The van der Waals surface area contributed by atoms with Crippen molar-refractivity contribution in [1.29, 1.82) is 0 Å². The molecule has 0 amide bonds. The second-order valence-electron chi connectivity index (χ2n) is 5.41. The first kappa shape index (κ1) is 20.3. The number of esters is 1. The summed E-state index contributed by atoms with van der Waals surface area (Å²) in [6.07, 6.45) is 1.01. The van der Waals surface area contributed by atoms with Gasteiger partial charge in [0.2, 0.25) is 0 Å². The molecule has 0 spiro atoms. The average molecular weight is 323 g/mol. The minimum absolute atomic E-state index is 0.0549. The Morgan fingerprint density at radius 3 is 2.29 bits per heavy atom. The first-order valence-corrected chi connectivity index (χ1v) is 8.30. The van der Waals surface area contributed by atoms with Gasteiger partial charge in [0.25, 0.3) is 7.82 Å². The van der Waals surface area contributed by atoms with Crippen LogP contribution in [0.1, 0.15) is 20.3 Å². The summed E-state index contributed by atoms with van der Waals surface area (Å²) in [4.78, 5) is 22.5. The Morgan fingerprint density at radius 1 is 1.19 bits per heavy atom. The molecule has 1 atom stereocenters. The molecule has 7 nitrogen and oxygen atoms in total. The van der Waals surface area contributed by atoms with Crippen LogP contribution in [0.3, 0.4) is 0 Å². The Hall–Kier alpha value is -0.720. The third-order valence-electron chi connectivity index (χ3n) is 2.69. The highest BCUT2D eigenvalue weighted by Gasteiger charge is 2.16. The predicted molar refractivity (Wildman–Crippen MR) is 77.4 cm³/mol. The van der Waals surface area contributed by atoms with Crippen LogP contribution in [0.2, 0.25) is 0 Å². The summed E-state index contributed by atoms with van der Waals surface area (Å²) in [5.41, 5.74) is 0.243. The molecule has 0 aromatic heterocycles. The van der Waals surface area contributed by atoms with Gasteiger partial charge in [0.05, 0.1) is 27.2 Å². The van der Waals surface area contributed by atoms with Crippen molar-refractivity contribution in [3.8, 4) is 0 Å². The van der Waals surface area contributed by atoms with E-state index in [9.17, 15) is 14.3 Å². The molecule has 0 aliphatic heterocycles. The molecule has 0 aromatic rings. The summed E-state index contributed by atoms with van der Waals surface area (Å²) < 4.78 is 26.2. The lowest BCUT2D eigenvalue weighted by molar-refractivity contribution is -0.890. The molecule has 0 radical (unpaired) electrons. The van der Waals surface area contributed by atoms with E-state index in [4.69, 9.17) is 9.26 Å². The molecule has 0 heterocycles. The minimum Gasteiger partial charge on any atom is -0.756 e. The molecule has 0 saturated heterocycles. The number of ether oxygens (including phenoxy) is 1. The van der Waals surface area contributed by atoms with Crippen LogP contribution in [-0.2, 0) is 23.1 Å². The van der Waals surface area contributed by atoms with Crippen LogP contribution in [0.25, 0.3) is 0 Å². The molecule has 0 aliphatic carbocycles. The number of nitrogens with zero attached hydrogens (tertiary/aromatic N) is 1. The van der Waals surface area contributed by atoms with Gasteiger partial charge in [-0.25, -0.2) is 4.79 Å². The number of phosphoric acid groups is 1. The number of quaternary nitrogens is 1. The molecule has 1 unspecified atom stereocenters. The molecular weight excluding hydrogens is 297 g/mol. The van der Waals surface area contributed by atoms with Crippen molar-refractivity contribution in [2.24, 2.45) is 0 Å². The smallest absolute Gasteiger partial charge is 0.333 e. The van der Waals surface area contributed by atoms with E-state index in [1.807, 2.05) is 14.1 Å². The topological polar surface area (TPSA) is 84.9 Å². The monoisotopic (exact) mass is 323 g/mol. The van der Waals surface area contributed by atoms with Gasteiger partial charge in [0.15, 0.2) is 0 Å². The molecule has 0 bridgehead atoms. The predicted octanol–water partition coefficient (Wildman–Crippen LogP) is 1.09. The van der Waals surface area contributed by atoms with E-state index in [-0.39, 0.29) is 25.4 Å². The van der Waals surface area contributed by atoms with Gasteiger partial charge < -0.3 is 23.2 Å². The van der Waals surface area contributed by atoms with E-state index < -0.39 is 13.8 Å². The van der Waals surface area contributed by atoms with E-state index >= 15 is 0 Å². The average Bonchev–Trinajstić information content (AvgIpc) is 2.33. The molecule has 8 heteroatoms. The highest BCUT2D eigenvalue weighted by molar-refractivity contribution is 7.45. The summed E-state index contributed by atoms with van der Waals surface area (Å²) in [6, 6.07) is 0. The number of hydrogen-bond donors (Lipinski definition) is 0. The lowest BCUT2D eigenvalue weighted by Crippen LogP contribution is -2.42. The van der Waals surface area contributed by atoms with E-state index in [1.54, 1.807) is 0 Å². The maximum absolute atomic E-state index is 11.5. The summed E-state index contributed by atoms with van der Waals surface area (Å²) in [5, 5.41) is 0. The van der Waals surface area contributed by atoms with Crippen LogP contribution in [-0.4, -0.2) is 57.5 Å². The highest BCUT2D eigenvalue weighted by Crippen LogP contribution is 2.37. The zero-order chi connectivity index (χ0) is 16.5. The Bertz CT molecular complexity index is 396. The van der Waals surface area contributed by atoms with Gasteiger partial charge in [0.1, 0.15) is 19.8 Å². The van der Waals surface area contributed by atoms with Crippen LogP contribution in [0.15, 0.2) is 12.2 Å². The van der Waals surface area contributed by atoms with Crippen molar-refractivity contribution >= 4 is 13.8 Å². The summed E-state index contributed by atoms with van der Waals surface area (Å²) in [7, 11) is -0.354. The number of phosphoric ester groups is 1. The SMILES string of the molecule is C=C(C)C(=O)OCCOP(=O)([O-])OCC[N+](C)(C)CCC. The Labute approximate surface area is 126 Å². The Balaban J connectivity index is 3.91. The van der Waals surface area contributed by atoms with Crippen molar-refractivity contribution in [1.82, 2.24) is 0 Å². The second kappa shape index (κ2) is 9.33. The van der Waals surface area contributed by atoms with Gasteiger partial charge >= 0.3 is 5.97 Å². The largest absolute Gasteiger partial charge is 0.756 e. The molecule has 0 aliphatic rings. The van der Waals surface area contributed by atoms with Gasteiger partial charge in [-0.1, -0.05) is 13.5 Å². The van der Waals surface area contributed by atoms with E-state index in [1.165, 1.54) is 6.92 Å². The molecule has 0 saturated carbocycles. The van der Waals surface area contributed by atoms with E-state index in [0.29, 0.717) is 11.0 Å². The lowest BCUT2D eigenvalue weighted by atomic mass is 10.4. The molecule has 21 heavy (non-hydrogen) atoms. The number of carbonyl (C=O) groups excluding carboxylic acids is 1. The molecule has 0 N–H and O–H groups in total. The van der Waals surface area contributed by atoms with Gasteiger partial charge in [-0.15, -0.1) is 0 Å². The van der Waals surface area contributed by atoms with Crippen LogP contribution in [0.4, 0.5) is 0 Å². The van der Waals surface area contributed by atoms with Gasteiger partial charge in [-0.05, 0) is 13.3 Å². The number of likely N-dealkylation sites (N-methyl/N-ethyl adjacent to an activating group) is 1. The fourth-order valence-electron chi connectivity index (χ4n) is 1.56. The zero-order valence-electron chi connectivity index (χ0n) is 13.3. The van der Waals surface area contributed by atoms with Crippen molar-refractivity contribution < 1.29 is 32.5 Å². The zero-order valence-corrected chi connectivity index (χ0v) is 14.2. The van der Waals surface area contributed by atoms with Crippen LogP contribution >= 0.6 is 7.82 Å². The molecule has 0 aromatic carbocycles. The maximum Gasteiger partial charge on any atom is 0.333 e. The quantitative estimate of drug-likeness (QED) is 0.186. The van der Waals surface area contributed by atoms with Crippen molar-refractivity contribution in [2.45, 2.75) is 20.3 Å². The first-order valence-electron chi connectivity index (χ1n) is 6.84. The van der Waals surface area contributed by atoms with Crippen LogP contribution in [0, 0.1) is 0 Å². The molecular formula is C13H26NO6P. The van der Waals surface area contributed by atoms with Gasteiger partial charge in [-0.2, -0.15) is 0 Å². The molecule has 0 rings (SSSR count). The van der Waals surface area contributed by atoms with E-state index in [2.05, 4.69) is 18.0 Å². The minimum atomic E-state index is -4.35. The molecule has 124 valence electrons.